The van der Waals surface area contributed by atoms with Crippen LogP contribution in [-0.2, 0) is 23.1 Å². The number of nitrogens with one attached hydrogen (secondary N) is 1. The van der Waals surface area contributed by atoms with E-state index < -0.39 is 37.1 Å². The Morgan fingerprint density at radius 1 is 0.923 bits per heavy atom. The average Bonchev–Trinajstić information content (AvgIpc) is 2.26. The van der Waals surface area contributed by atoms with Crippen molar-refractivity contribution in [3.63, 3.8) is 0 Å². The van der Waals surface area contributed by atoms with Gasteiger partial charge in [-0.2, -0.15) is 9.42 Å². The first-order chi connectivity index (χ1) is 11.3. The summed E-state index contributed by atoms with van der Waals surface area (Å²) in [5.41, 5.74) is -2.18. The maximum absolute atomic E-state index is 11.9. The molecule has 0 spiro atoms. The van der Waals surface area contributed by atoms with Gasteiger partial charge < -0.3 is 10.1 Å². The molecular weight excluding hydrogens is 361 g/mol. The molecule has 0 aromatic carbocycles. The van der Waals surface area contributed by atoms with Crippen molar-refractivity contribution in [1.82, 2.24) is 5.32 Å². The van der Waals surface area contributed by atoms with Crippen molar-refractivity contribution >= 4 is 20.0 Å². The molecule has 0 aromatic rings. The maximum atomic E-state index is 11.9. The third-order valence-corrected chi connectivity index (χ3v) is 4.40. The van der Waals surface area contributed by atoms with Gasteiger partial charge in [-0.15, -0.1) is 9.05 Å². The minimum atomic E-state index is -3.73. The molecule has 9 heteroatoms. The molecule has 2 N–H and O–H groups in total. The van der Waals surface area contributed by atoms with Gasteiger partial charge in [-0.3, -0.25) is 4.79 Å². The third-order valence-electron chi connectivity index (χ3n) is 2.36. The number of carbonyl (C=O) groups excluding carboxylic acids is 2. The van der Waals surface area contributed by atoms with Crippen molar-refractivity contribution in [3.8, 4) is 0 Å². The van der Waals surface area contributed by atoms with Gasteiger partial charge in [0, 0.05) is 0 Å². The van der Waals surface area contributed by atoms with Crippen LogP contribution < -0.4 is 5.32 Å². The molecule has 0 unspecified atom stereocenters. The van der Waals surface area contributed by atoms with Crippen LogP contribution in [0.15, 0.2) is 0 Å². The predicted molar refractivity (Wildman–Crippen MR) is 101 cm³/mol. The van der Waals surface area contributed by atoms with E-state index in [1.807, 2.05) is 0 Å². The van der Waals surface area contributed by atoms with Crippen LogP contribution in [0.25, 0.3) is 0 Å². The predicted octanol–water partition coefficient (Wildman–Crippen LogP) is 3.79. The van der Waals surface area contributed by atoms with E-state index in [9.17, 15) is 14.5 Å². The van der Waals surface area contributed by atoms with Crippen LogP contribution in [0.3, 0.4) is 0 Å². The minimum Gasteiger partial charge on any atom is -0.444 e. The van der Waals surface area contributed by atoms with Gasteiger partial charge in [0.15, 0.2) is 5.78 Å². The number of ether oxygens (including phenoxy) is 1. The zero-order chi connectivity index (χ0) is 21.0. The molecule has 0 saturated heterocycles. The van der Waals surface area contributed by atoms with E-state index in [0.29, 0.717) is 0 Å². The number of ketones is 1. The first-order valence-electron chi connectivity index (χ1n) is 8.50. The molecule has 8 nitrogen and oxygen atoms in total. The fraction of sp³-hybridized carbons (Fsp3) is 0.882. The Balaban J connectivity index is 5.13. The molecule has 0 aliphatic carbocycles. The SMILES string of the molecule is CC(=O)[C@H](CO[P+](O)(OC(C)(C)C)OC(C)(C)C)NC(=O)OC(C)(C)C. The van der Waals surface area contributed by atoms with E-state index in [2.05, 4.69) is 5.32 Å². The molecule has 0 bridgehead atoms. The summed E-state index contributed by atoms with van der Waals surface area (Å²) >= 11 is 0. The van der Waals surface area contributed by atoms with Crippen LogP contribution in [0, 0.1) is 0 Å². The second kappa shape index (κ2) is 8.93. The van der Waals surface area contributed by atoms with E-state index >= 15 is 0 Å². The van der Waals surface area contributed by atoms with E-state index in [1.54, 1.807) is 62.3 Å². The minimum absolute atomic E-state index is 0.314. The normalized spacial score (nSPS) is 14.7. The standard InChI is InChI=1S/C17H34NO7P/c1-12(19)13(18-14(20)23-15(2,3)4)11-22-26(21,24-16(5,6)7)25-17(8,9)10/h13,21H,11H2,1-10H3/p+1/t13-/m0/s1. The Labute approximate surface area is 157 Å². The van der Waals surface area contributed by atoms with Crippen LogP contribution >= 0.6 is 8.17 Å². The molecule has 0 fully saturated rings. The van der Waals surface area contributed by atoms with Gasteiger partial charge in [0.05, 0.1) is 0 Å². The smallest absolute Gasteiger partial charge is 0.444 e. The van der Waals surface area contributed by atoms with Crippen LogP contribution in [0.1, 0.15) is 69.2 Å². The molecule has 0 aromatic heterocycles. The van der Waals surface area contributed by atoms with Gasteiger partial charge in [0.2, 0.25) is 0 Å². The molecule has 154 valence electrons. The second-order valence-corrected chi connectivity index (χ2v) is 10.5. The Bertz CT molecular complexity index is 473. The topological polar surface area (TPSA) is 103 Å². The van der Waals surface area contributed by atoms with E-state index in [0.717, 1.165) is 0 Å². The molecule has 0 rings (SSSR count). The zero-order valence-electron chi connectivity index (χ0n) is 17.6. The van der Waals surface area contributed by atoms with Gasteiger partial charge in [-0.25, -0.2) is 4.79 Å². The van der Waals surface area contributed by atoms with Crippen molar-refractivity contribution in [2.24, 2.45) is 0 Å². The molecule has 0 aliphatic rings. The number of rotatable bonds is 7. The molecule has 0 saturated carbocycles. The van der Waals surface area contributed by atoms with Crippen molar-refractivity contribution in [2.45, 2.75) is 92.1 Å². The molecule has 1 amide bonds. The molecule has 0 aliphatic heterocycles. The summed E-state index contributed by atoms with van der Waals surface area (Å²) in [7, 11) is -3.73. The van der Waals surface area contributed by atoms with Crippen molar-refractivity contribution in [2.75, 3.05) is 6.61 Å². The van der Waals surface area contributed by atoms with Gasteiger partial charge >= 0.3 is 14.3 Å². The highest BCUT2D eigenvalue weighted by molar-refractivity contribution is 7.55. The number of carbonyl (C=O) groups is 2. The first-order valence-corrected chi connectivity index (χ1v) is 9.99. The number of amides is 1. The quantitative estimate of drug-likeness (QED) is 0.631. The van der Waals surface area contributed by atoms with Crippen LogP contribution in [0.5, 0.6) is 0 Å². The highest BCUT2D eigenvalue weighted by atomic mass is 31.2. The van der Waals surface area contributed by atoms with Gasteiger partial charge in [0.1, 0.15) is 29.5 Å². The summed E-state index contributed by atoms with van der Waals surface area (Å²) in [6, 6.07) is -1.01. The monoisotopic (exact) mass is 396 g/mol. The average molecular weight is 396 g/mol. The lowest BCUT2D eigenvalue weighted by Gasteiger charge is -2.28. The molecule has 0 heterocycles. The van der Waals surface area contributed by atoms with Crippen molar-refractivity contribution in [3.05, 3.63) is 0 Å². The van der Waals surface area contributed by atoms with E-state index in [1.165, 1.54) is 6.92 Å². The highest BCUT2D eigenvalue weighted by Gasteiger charge is 2.52. The lowest BCUT2D eigenvalue weighted by Crippen LogP contribution is -2.45. The summed E-state index contributed by atoms with van der Waals surface area (Å²) in [5, 5.41) is 2.43. The summed E-state index contributed by atoms with van der Waals surface area (Å²) in [6.45, 7) is 16.6. The van der Waals surface area contributed by atoms with Crippen LogP contribution in [-0.4, -0.2) is 46.2 Å². The summed E-state index contributed by atoms with van der Waals surface area (Å²) in [4.78, 5) is 34.5. The fourth-order valence-electron chi connectivity index (χ4n) is 1.64. The van der Waals surface area contributed by atoms with Crippen molar-refractivity contribution in [1.29, 1.82) is 0 Å². The Morgan fingerprint density at radius 2 is 1.35 bits per heavy atom. The molecule has 26 heavy (non-hydrogen) atoms. The Morgan fingerprint density at radius 3 is 1.65 bits per heavy atom. The number of hydrogen-bond acceptors (Lipinski definition) is 7. The van der Waals surface area contributed by atoms with Crippen molar-refractivity contribution < 1.29 is 32.8 Å². The van der Waals surface area contributed by atoms with Crippen LogP contribution in [0.4, 0.5) is 4.79 Å². The number of Topliss-reactive ketones (excluding diaryl/α,β-unsaturated/α-hetero) is 1. The summed E-state index contributed by atoms with van der Waals surface area (Å²) in [5.74, 6) is -0.353. The number of hydrogen-bond donors (Lipinski definition) is 2. The molecule has 0 radical (unpaired) electrons. The fourth-order valence-corrected chi connectivity index (χ4v) is 3.51. The highest BCUT2D eigenvalue weighted by Crippen LogP contribution is 2.62. The molecular formula is C17H35NO7P+. The van der Waals surface area contributed by atoms with E-state index in [-0.39, 0.29) is 12.4 Å². The van der Waals surface area contributed by atoms with Gasteiger partial charge in [-0.05, 0) is 69.2 Å². The van der Waals surface area contributed by atoms with Gasteiger partial charge in [-0.1, -0.05) is 0 Å². The van der Waals surface area contributed by atoms with E-state index in [4.69, 9.17) is 18.3 Å². The maximum Gasteiger partial charge on any atom is 0.573 e. The van der Waals surface area contributed by atoms with Crippen LogP contribution in [0.2, 0.25) is 0 Å². The Kier molecular flexibility index (Phi) is 8.66. The Hall–Kier alpha value is -0.790. The summed E-state index contributed by atoms with van der Waals surface area (Å²) in [6.07, 6.45) is -0.753. The second-order valence-electron chi connectivity index (χ2n) is 8.98. The summed E-state index contributed by atoms with van der Waals surface area (Å²) < 4.78 is 21.8. The molecule has 1 atom stereocenters. The zero-order valence-corrected chi connectivity index (χ0v) is 18.5. The first kappa shape index (κ1) is 25.2. The number of alkyl carbamates (subject to hydrolysis) is 1. The lowest BCUT2D eigenvalue weighted by molar-refractivity contribution is -0.120. The third kappa shape index (κ3) is 12.5. The lowest BCUT2D eigenvalue weighted by atomic mass is 10.2. The largest absolute Gasteiger partial charge is 0.573 e. The van der Waals surface area contributed by atoms with Gasteiger partial charge in [0.25, 0.3) is 0 Å².